The van der Waals surface area contributed by atoms with Gasteiger partial charge >= 0.3 is 0 Å². The van der Waals surface area contributed by atoms with Crippen molar-refractivity contribution >= 4 is 44.2 Å². The summed E-state index contributed by atoms with van der Waals surface area (Å²) in [5.41, 5.74) is 0.455. The van der Waals surface area contributed by atoms with Gasteiger partial charge in [-0.1, -0.05) is 17.7 Å². The molecule has 0 aliphatic rings. The molecule has 1 N–H and O–H groups in total. The summed E-state index contributed by atoms with van der Waals surface area (Å²) in [6, 6.07) is 4.66. The zero-order valence-electron chi connectivity index (χ0n) is 15.0. The van der Waals surface area contributed by atoms with Gasteiger partial charge in [0, 0.05) is 29.6 Å². The summed E-state index contributed by atoms with van der Waals surface area (Å²) in [7, 11) is -3.85. The van der Waals surface area contributed by atoms with Crippen molar-refractivity contribution in [3.63, 3.8) is 0 Å². The highest BCUT2D eigenvalue weighted by molar-refractivity contribution is 7.93. The normalized spacial score (nSPS) is 12.7. The number of likely N-dealkylation sites (N-methyl/N-ethyl adjacent to an activating group) is 1. The van der Waals surface area contributed by atoms with Gasteiger partial charge in [0.2, 0.25) is 11.0 Å². The molecule has 1 atom stereocenters. The Morgan fingerprint density at radius 1 is 1.35 bits per heavy atom. The second-order valence-electron chi connectivity index (χ2n) is 5.66. The Balaban J connectivity index is 2.22. The first-order valence-corrected chi connectivity index (χ1v) is 10.7. The molecular formula is C16H21ClN4O3S2. The minimum Gasteiger partial charge on any atom is -0.343 e. The van der Waals surface area contributed by atoms with E-state index in [1.54, 1.807) is 30.9 Å². The van der Waals surface area contributed by atoms with Crippen molar-refractivity contribution in [2.24, 2.45) is 0 Å². The second kappa shape index (κ2) is 8.32. The Morgan fingerprint density at radius 2 is 2.00 bits per heavy atom. The molecule has 1 aromatic heterocycles. The second-order valence-corrected chi connectivity index (χ2v) is 8.47. The van der Waals surface area contributed by atoms with Gasteiger partial charge in [-0.2, -0.15) is 4.37 Å². The van der Waals surface area contributed by atoms with Gasteiger partial charge in [0.1, 0.15) is 0 Å². The van der Waals surface area contributed by atoms with Gasteiger partial charge in [-0.05, 0) is 45.4 Å². The molecular weight excluding hydrogens is 396 g/mol. The third-order valence-corrected chi connectivity index (χ3v) is 6.67. The van der Waals surface area contributed by atoms with E-state index in [4.69, 9.17) is 11.6 Å². The summed E-state index contributed by atoms with van der Waals surface area (Å²) in [6.45, 7) is 8.33. The molecule has 1 unspecified atom stereocenters. The summed E-state index contributed by atoms with van der Waals surface area (Å²) in [5, 5.41) is 0.475. The van der Waals surface area contributed by atoms with Gasteiger partial charge in [-0.15, -0.1) is 0 Å². The van der Waals surface area contributed by atoms with Gasteiger partial charge in [-0.25, -0.2) is 13.4 Å². The van der Waals surface area contributed by atoms with Crippen LogP contribution in [0.4, 0.5) is 5.13 Å². The molecule has 0 aliphatic heterocycles. The Kier molecular flexibility index (Phi) is 6.59. The molecule has 0 aliphatic carbocycles. The minimum absolute atomic E-state index is 0.0778. The third-order valence-electron chi connectivity index (χ3n) is 4.00. The Morgan fingerprint density at radius 3 is 2.62 bits per heavy atom. The largest absolute Gasteiger partial charge is 0.343 e. The summed E-state index contributed by atoms with van der Waals surface area (Å²) in [6.07, 6.45) is 0. The fourth-order valence-electron chi connectivity index (χ4n) is 2.42. The topological polar surface area (TPSA) is 92.3 Å². The van der Waals surface area contributed by atoms with Crippen LogP contribution < -0.4 is 4.72 Å². The number of nitrogens with one attached hydrogen (secondary N) is 1. The van der Waals surface area contributed by atoms with Gasteiger partial charge in [0.25, 0.3) is 10.0 Å². The number of halogens is 1. The van der Waals surface area contributed by atoms with Crippen molar-refractivity contribution in [1.29, 1.82) is 0 Å². The van der Waals surface area contributed by atoms with E-state index in [0.717, 1.165) is 11.5 Å². The lowest BCUT2D eigenvalue weighted by Gasteiger charge is -2.21. The summed E-state index contributed by atoms with van der Waals surface area (Å²) >= 11 is 6.90. The van der Waals surface area contributed by atoms with E-state index >= 15 is 0 Å². The highest BCUT2D eigenvalue weighted by Crippen LogP contribution is 2.26. The standard InChI is InChI=1S/C16H21ClN4O3S2/c1-5-21(6-2)15(22)11(4)14-18-16(25-19-14)20-26(23,24)13-9-7-8-12(17)10(13)3/h7-9,11H,5-6H2,1-4H3,(H,18,19,20). The van der Waals surface area contributed by atoms with E-state index in [1.165, 1.54) is 6.07 Å². The first kappa shape index (κ1) is 20.6. The average molecular weight is 417 g/mol. The number of amides is 1. The molecule has 1 amide bonds. The summed E-state index contributed by atoms with van der Waals surface area (Å²) in [5.74, 6) is -0.336. The number of aromatic nitrogens is 2. The Hall–Kier alpha value is -1.71. The number of nitrogens with zero attached hydrogens (tertiary/aromatic N) is 3. The van der Waals surface area contributed by atoms with Crippen molar-refractivity contribution < 1.29 is 13.2 Å². The van der Waals surface area contributed by atoms with Gasteiger partial charge in [0.15, 0.2) is 5.82 Å². The van der Waals surface area contributed by atoms with Crippen molar-refractivity contribution in [1.82, 2.24) is 14.3 Å². The Labute approximate surface area is 162 Å². The number of sulfonamides is 1. The number of hydrogen-bond donors (Lipinski definition) is 1. The summed E-state index contributed by atoms with van der Waals surface area (Å²) in [4.78, 5) is 18.3. The molecule has 2 rings (SSSR count). The van der Waals surface area contributed by atoms with E-state index in [1.807, 2.05) is 13.8 Å². The van der Waals surface area contributed by atoms with Crippen LogP contribution in [0.2, 0.25) is 5.02 Å². The molecule has 0 spiro atoms. The van der Waals surface area contributed by atoms with Crippen molar-refractivity contribution in [2.75, 3.05) is 17.8 Å². The predicted molar refractivity (Wildman–Crippen MR) is 103 cm³/mol. The van der Waals surface area contributed by atoms with E-state index in [2.05, 4.69) is 14.1 Å². The lowest BCUT2D eigenvalue weighted by molar-refractivity contribution is -0.132. The third kappa shape index (κ3) is 4.33. The lowest BCUT2D eigenvalue weighted by Crippen LogP contribution is -2.34. The monoisotopic (exact) mass is 416 g/mol. The van der Waals surface area contributed by atoms with Crippen LogP contribution in [0.5, 0.6) is 0 Å². The SMILES string of the molecule is CCN(CC)C(=O)C(C)c1nsc(NS(=O)(=O)c2cccc(Cl)c2C)n1. The van der Waals surface area contributed by atoms with Gasteiger partial charge in [-0.3, -0.25) is 9.52 Å². The first-order valence-electron chi connectivity index (χ1n) is 8.11. The maximum Gasteiger partial charge on any atom is 0.264 e. The van der Waals surface area contributed by atoms with Crippen LogP contribution in [0.3, 0.4) is 0 Å². The van der Waals surface area contributed by atoms with Crippen molar-refractivity contribution in [3.8, 4) is 0 Å². The zero-order chi connectivity index (χ0) is 19.5. The smallest absolute Gasteiger partial charge is 0.264 e. The molecule has 2 aromatic rings. The van der Waals surface area contributed by atoms with Crippen molar-refractivity contribution in [2.45, 2.75) is 38.5 Å². The molecule has 142 valence electrons. The van der Waals surface area contributed by atoms with E-state index in [0.29, 0.717) is 29.5 Å². The van der Waals surface area contributed by atoms with E-state index in [9.17, 15) is 13.2 Å². The van der Waals surface area contributed by atoms with Crippen LogP contribution >= 0.6 is 23.1 Å². The molecule has 0 saturated carbocycles. The summed E-state index contributed by atoms with van der Waals surface area (Å²) < 4.78 is 31.7. The van der Waals surface area contributed by atoms with Crippen LogP contribution in [-0.2, 0) is 14.8 Å². The fraction of sp³-hybridized carbons (Fsp3) is 0.438. The van der Waals surface area contributed by atoms with Crippen LogP contribution in [0.15, 0.2) is 23.1 Å². The number of carbonyl (C=O) groups is 1. The average Bonchev–Trinajstić information content (AvgIpc) is 3.05. The van der Waals surface area contributed by atoms with Crippen LogP contribution in [0, 0.1) is 6.92 Å². The molecule has 0 radical (unpaired) electrons. The molecule has 0 bridgehead atoms. The molecule has 26 heavy (non-hydrogen) atoms. The van der Waals surface area contributed by atoms with E-state index < -0.39 is 15.9 Å². The highest BCUT2D eigenvalue weighted by atomic mass is 35.5. The zero-order valence-corrected chi connectivity index (χ0v) is 17.4. The highest BCUT2D eigenvalue weighted by Gasteiger charge is 2.25. The van der Waals surface area contributed by atoms with Crippen LogP contribution in [0.1, 0.15) is 38.1 Å². The maximum absolute atomic E-state index is 12.6. The number of rotatable bonds is 7. The molecule has 1 heterocycles. The molecule has 7 nitrogen and oxygen atoms in total. The van der Waals surface area contributed by atoms with Gasteiger partial charge in [0.05, 0.1) is 10.8 Å². The van der Waals surface area contributed by atoms with Gasteiger partial charge < -0.3 is 4.90 Å². The first-order chi connectivity index (χ1) is 12.2. The van der Waals surface area contributed by atoms with Crippen molar-refractivity contribution in [3.05, 3.63) is 34.6 Å². The Bertz CT molecular complexity index is 895. The molecule has 0 saturated heterocycles. The number of hydrogen-bond acceptors (Lipinski definition) is 6. The minimum atomic E-state index is -3.85. The van der Waals surface area contributed by atoms with Crippen LogP contribution in [-0.4, -0.2) is 41.7 Å². The number of benzene rings is 1. The number of anilines is 1. The predicted octanol–water partition coefficient (Wildman–Crippen LogP) is 3.27. The molecule has 0 fully saturated rings. The maximum atomic E-state index is 12.6. The molecule has 10 heteroatoms. The fourth-order valence-corrected chi connectivity index (χ4v) is 4.80. The number of carbonyl (C=O) groups excluding carboxylic acids is 1. The quantitative estimate of drug-likeness (QED) is 0.747. The molecule has 1 aromatic carbocycles. The van der Waals surface area contributed by atoms with E-state index in [-0.39, 0.29) is 15.9 Å². The lowest BCUT2D eigenvalue weighted by atomic mass is 10.1. The van der Waals surface area contributed by atoms with Crippen LogP contribution in [0.25, 0.3) is 0 Å².